The third-order valence-corrected chi connectivity index (χ3v) is 4.31. The molecule has 0 aliphatic rings. The second-order valence-electron chi connectivity index (χ2n) is 4.80. The number of thioether (sulfide) groups is 1. The van der Waals surface area contributed by atoms with Crippen LogP contribution in [-0.2, 0) is 4.79 Å². The van der Waals surface area contributed by atoms with Crippen molar-refractivity contribution >= 4 is 34.1 Å². The van der Waals surface area contributed by atoms with Gasteiger partial charge in [0.05, 0.1) is 5.25 Å². The highest BCUT2D eigenvalue weighted by atomic mass is 32.2. The Hall–Kier alpha value is -2.54. The summed E-state index contributed by atoms with van der Waals surface area (Å²) in [6, 6.07) is 13.8. The monoisotopic (exact) mass is 313 g/mol. The van der Waals surface area contributed by atoms with Crippen LogP contribution in [0, 0.1) is 0 Å². The molecule has 0 aliphatic heterocycles. The summed E-state index contributed by atoms with van der Waals surface area (Å²) >= 11 is 1.26. The number of benzene rings is 2. The fourth-order valence-corrected chi connectivity index (χ4v) is 2.84. The van der Waals surface area contributed by atoms with E-state index in [0.29, 0.717) is 5.16 Å². The standard InChI is InChI=1S/C15H15N5OS/c1-10(22-15-19-17-9-20(15)16)14(21)18-13-8-4-6-11-5-2-3-7-12(11)13/h2-10H,16H2,1H3,(H,18,21)/t10-/m1/s1. The van der Waals surface area contributed by atoms with E-state index >= 15 is 0 Å². The zero-order chi connectivity index (χ0) is 15.5. The molecule has 0 unspecified atom stereocenters. The van der Waals surface area contributed by atoms with E-state index in [1.807, 2.05) is 42.5 Å². The van der Waals surface area contributed by atoms with Gasteiger partial charge in [-0.25, -0.2) is 4.68 Å². The van der Waals surface area contributed by atoms with Gasteiger partial charge in [-0.1, -0.05) is 48.2 Å². The van der Waals surface area contributed by atoms with Crippen LogP contribution < -0.4 is 11.2 Å². The molecule has 6 nitrogen and oxygen atoms in total. The SMILES string of the molecule is C[C@@H](Sc1nncn1N)C(=O)Nc1cccc2ccccc12. The molecule has 112 valence electrons. The average Bonchev–Trinajstić information content (AvgIpc) is 2.93. The predicted octanol–water partition coefficient (Wildman–Crippen LogP) is 2.26. The molecule has 3 N–H and O–H groups in total. The van der Waals surface area contributed by atoms with Crippen LogP contribution in [0.15, 0.2) is 53.9 Å². The normalized spacial score (nSPS) is 12.2. The molecule has 1 heterocycles. The average molecular weight is 313 g/mol. The number of nitrogens with two attached hydrogens (primary N) is 1. The highest BCUT2D eigenvalue weighted by molar-refractivity contribution is 8.00. The van der Waals surface area contributed by atoms with E-state index in [1.54, 1.807) is 6.92 Å². The molecule has 3 aromatic rings. The number of carbonyl (C=O) groups is 1. The summed E-state index contributed by atoms with van der Waals surface area (Å²) < 4.78 is 1.30. The Kier molecular flexibility index (Phi) is 3.97. The van der Waals surface area contributed by atoms with Gasteiger partial charge in [-0.15, -0.1) is 10.2 Å². The van der Waals surface area contributed by atoms with Crippen LogP contribution in [0.2, 0.25) is 0 Å². The van der Waals surface area contributed by atoms with Crippen LogP contribution in [-0.4, -0.2) is 26.0 Å². The quantitative estimate of drug-likeness (QED) is 0.570. The first kappa shape index (κ1) is 14.4. The molecule has 0 fully saturated rings. The highest BCUT2D eigenvalue weighted by Crippen LogP contribution is 2.25. The lowest BCUT2D eigenvalue weighted by molar-refractivity contribution is -0.115. The molecule has 0 saturated carbocycles. The minimum atomic E-state index is -0.342. The van der Waals surface area contributed by atoms with Gasteiger partial charge in [0.25, 0.3) is 0 Å². The maximum atomic E-state index is 12.4. The van der Waals surface area contributed by atoms with Gasteiger partial charge in [0.15, 0.2) is 0 Å². The summed E-state index contributed by atoms with van der Waals surface area (Å²) in [4.78, 5) is 12.4. The highest BCUT2D eigenvalue weighted by Gasteiger charge is 2.18. The van der Waals surface area contributed by atoms with E-state index in [2.05, 4.69) is 15.5 Å². The number of rotatable bonds is 4. The number of carbonyl (C=O) groups excluding carboxylic acids is 1. The molecular weight excluding hydrogens is 298 g/mol. The molecule has 1 aromatic heterocycles. The van der Waals surface area contributed by atoms with Crippen LogP contribution in [0.3, 0.4) is 0 Å². The van der Waals surface area contributed by atoms with Crippen molar-refractivity contribution in [2.75, 3.05) is 11.2 Å². The molecule has 3 rings (SSSR count). The Morgan fingerprint density at radius 2 is 2.05 bits per heavy atom. The maximum Gasteiger partial charge on any atom is 0.237 e. The molecule has 0 spiro atoms. The molecule has 0 aliphatic carbocycles. The van der Waals surface area contributed by atoms with Crippen molar-refractivity contribution in [1.82, 2.24) is 14.9 Å². The first-order valence-electron chi connectivity index (χ1n) is 6.75. The fourth-order valence-electron chi connectivity index (χ4n) is 2.10. The Labute approximate surface area is 131 Å². The minimum absolute atomic E-state index is 0.107. The van der Waals surface area contributed by atoms with E-state index in [4.69, 9.17) is 5.84 Å². The maximum absolute atomic E-state index is 12.4. The summed E-state index contributed by atoms with van der Waals surface area (Å²) in [5.41, 5.74) is 0.796. The molecule has 0 radical (unpaired) electrons. The summed E-state index contributed by atoms with van der Waals surface area (Å²) in [5.74, 6) is 5.55. The molecule has 1 amide bonds. The number of nitrogens with zero attached hydrogens (tertiary/aromatic N) is 3. The Morgan fingerprint density at radius 3 is 2.82 bits per heavy atom. The first-order chi connectivity index (χ1) is 10.6. The van der Waals surface area contributed by atoms with Crippen molar-refractivity contribution in [3.05, 3.63) is 48.8 Å². The Morgan fingerprint density at radius 1 is 1.27 bits per heavy atom. The van der Waals surface area contributed by atoms with Crippen molar-refractivity contribution in [3.63, 3.8) is 0 Å². The number of aromatic nitrogens is 3. The van der Waals surface area contributed by atoms with Crippen molar-refractivity contribution in [3.8, 4) is 0 Å². The molecule has 0 bridgehead atoms. The molecule has 1 atom stereocenters. The van der Waals surface area contributed by atoms with Gasteiger partial charge in [-0.05, 0) is 18.4 Å². The van der Waals surface area contributed by atoms with Gasteiger partial charge in [0, 0.05) is 11.1 Å². The summed E-state index contributed by atoms with van der Waals surface area (Å²) in [7, 11) is 0. The van der Waals surface area contributed by atoms with Gasteiger partial charge in [-0.3, -0.25) is 4.79 Å². The van der Waals surface area contributed by atoms with Gasteiger partial charge in [0.2, 0.25) is 11.1 Å². The topological polar surface area (TPSA) is 85.8 Å². The largest absolute Gasteiger partial charge is 0.336 e. The number of anilines is 1. The number of nitrogens with one attached hydrogen (secondary N) is 1. The Bertz CT molecular complexity index is 811. The summed E-state index contributed by atoms with van der Waals surface area (Å²) in [6.07, 6.45) is 1.40. The van der Waals surface area contributed by atoms with E-state index < -0.39 is 0 Å². The molecule has 22 heavy (non-hydrogen) atoms. The van der Waals surface area contributed by atoms with E-state index in [0.717, 1.165) is 16.5 Å². The minimum Gasteiger partial charge on any atom is -0.336 e. The molecular formula is C15H15N5OS. The van der Waals surface area contributed by atoms with Crippen molar-refractivity contribution < 1.29 is 4.79 Å². The number of amides is 1. The predicted molar refractivity (Wildman–Crippen MR) is 88.1 cm³/mol. The van der Waals surface area contributed by atoms with E-state index in [1.165, 1.54) is 22.8 Å². The second-order valence-corrected chi connectivity index (χ2v) is 6.10. The number of hydrogen-bond acceptors (Lipinski definition) is 5. The van der Waals surface area contributed by atoms with Crippen LogP contribution in [0.5, 0.6) is 0 Å². The first-order valence-corrected chi connectivity index (χ1v) is 7.63. The lowest BCUT2D eigenvalue weighted by atomic mass is 10.1. The van der Waals surface area contributed by atoms with Crippen LogP contribution in [0.1, 0.15) is 6.92 Å². The molecule has 0 saturated heterocycles. The van der Waals surface area contributed by atoms with Crippen molar-refractivity contribution in [1.29, 1.82) is 0 Å². The van der Waals surface area contributed by atoms with Gasteiger partial charge < -0.3 is 11.2 Å². The molecule has 7 heteroatoms. The van der Waals surface area contributed by atoms with Gasteiger partial charge >= 0.3 is 0 Å². The third-order valence-electron chi connectivity index (χ3n) is 3.24. The van der Waals surface area contributed by atoms with Crippen LogP contribution >= 0.6 is 11.8 Å². The van der Waals surface area contributed by atoms with Crippen molar-refractivity contribution in [2.24, 2.45) is 0 Å². The lowest BCUT2D eigenvalue weighted by Crippen LogP contribution is -2.23. The third kappa shape index (κ3) is 2.89. The number of fused-ring (bicyclic) bond motifs is 1. The van der Waals surface area contributed by atoms with Crippen LogP contribution in [0.25, 0.3) is 10.8 Å². The molecule has 2 aromatic carbocycles. The van der Waals surface area contributed by atoms with Gasteiger partial charge in [-0.2, -0.15) is 0 Å². The fraction of sp³-hybridized carbons (Fsp3) is 0.133. The van der Waals surface area contributed by atoms with Crippen molar-refractivity contribution in [2.45, 2.75) is 17.3 Å². The van der Waals surface area contributed by atoms with E-state index in [9.17, 15) is 4.79 Å². The zero-order valence-corrected chi connectivity index (χ0v) is 12.7. The van der Waals surface area contributed by atoms with Crippen LogP contribution in [0.4, 0.5) is 5.69 Å². The second kappa shape index (κ2) is 6.07. The summed E-state index contributed by atoms with van der Waals surface area (Å²) in [5, 5.41) is 12.8. The van der Waals surface area contributed by atoms with Gasteiger partial charge in [0.1, 0.15) is 6.33 Å². The smallest absolute Gasteiger partial charge is 0.237 e. The number of nitrogen functional groups attached to an aromatic ring is 1. The Balaban J connectivity index is 1.77. The number of hydrogen-bond donors (Lipinski definition) is 2. The zero-order valence-electron chi connectivity index (χ0n) is 11.9. The van der Waals surface area contributed by atoms with E-state index in [-0.39, 0.29) is 11.2 Å². The summed E-state index contributed by atoms with van der Waals surface area (Å²) in [6.45, 7) is 1.81. The lowest BCUT2D eigenvalue weighted by Gasteiger charge is -2.13.